The molecule has 2 atom stereocenters. The van der Waals surface area contributed by atoms with Crippen molar-refractivity contribution in [3.8, 4) is 0 Å². The predicted molar refractivity (Wildman–Crippen MR) is 93.2 cm³/mol. The Balaban J connectivity index is 0.00000176. The Morgan fingerprint density at radius 1 is 1.14 bits per heavy atom. The fourth-order valence-electron chi connectivity index (χ4n) is 3.23. The summed E-state index contributed by atoms with van der Waals surface area (Å²) in [4.78, 5) is 12.1. The molecule has 3 rings (SSSR count). The van der Waals surface area contributed by atoms with Crippen molar-refractivity contribution in [3.05, 3.63) is 48.0 Å². The third-order valence-electron chi connectivity index (χ3n) is 4.42. The summed E-state index contributed by atoms with van der Waals surface area (Å²) >= 11 is 0. The molecule has 3 nitrogen and oxygen atoms in total. The van der Waals surface area contributed by atoms with E-state index in [0.717, 1.165) is 25.7 Å². The minimum atomic E-state index is 0. The summed E-state index contributed by atoms with van der Waals surface area (Å²) in [6.07, 6.45) is 3.61. The van der Waals surface area contributed by atoms with Crippen molar-refractivity contribution in [1.29, 1.82) is 0 Å². The van der Waals surface area contributed by atoms with Crippen LogP contribution in [0.25, 0.3) is 10.8 Å². The van der Waals surface area contributed by atoms with Crippen LogP contribution in [-0.2, 0) is 11.2 Å². The highest BCUT2D eigenvalue weighted by molar-refractivity contribution is 5.86. The monoisotopic (exact) mass is 318 g/mol. The van der Waals surface area contributed by atoms with E-state index < -0.39 is 0 Å². The smallest absolute Gasteiger partial charge is 0.223 e. The molecule has 22 heavy (non-hydrogen) atoms. The van der Waals surface area contributed by atoms with Crippen molar-refractivity contribution < 1.29 is 4.79 Å². The molecule has 2 aromatic carbocycles. The lowest BCUT2D eigenvalue weighted by Crippen LogP contribution is -2.31. The van der Waals surface area contributed by atoms with Gasteiger partial charge in [-0.1, -0.05) is 42.5 Å². The summed E-state index contributed by atoms with van der Waals surface area (Å²) in [5.41, 5.74) is 7.15. The summed E-state index contributed by atoms with van der Waals surface area (Å²) in [7, 11) is 0. The first-order valence-corrected chi connectivity index (χ1v) is 7.74. The first-order chi connectivity index (χ1) is 10.2. The molecule has 0 saturated heterocycles. The molecule has 2 aromatic rings. The molecule has 3 N–H and O–H groups in total. The average Bonchev–Trinajstić information content (AvgIpc) is 2.94. The summed E-state index contributed by atoms with van der Waals surface area (Å²) in [6, 6.07) is 14.9. The average molecular weight is 319 g/mol. The highest BCUT2D eigenvalue weighted by atomic mass is 35.5. The Hall–Kier alpha value is -1.58. The van der Waals surface area contributed by atoms with Crippen molar-refractivity contribution in [2.45, 2.75) is 31.7 Å². The number of amides is 1. The van der Waals surface area contributed by atoms with Gasteiger partial charge in [0.1, 0.15) is 0 Å². The van der Waals surface area contributed by atoms with E-state index in [2.05, 4.69) is 47.8 Å². The fourth-order valence-corrected chi connectivity index (χ4v) is 3.23. The van der Waals surface area contributed by atoms with E-state index in [9.17, 15) is 4.79 Å². The van der Waals surface area contributed by atoms with E-state index in [1.54, 1.807) is 0 Å². The Morgan fingerprint density at radius 3 is 2.68 bits per heavy atom. The highest BCUT2D eigenvalue weighted by Crippen LogP contribution is 2.24. The van der Waals surface area contributed by atoms with E-state index in [4.69, 9.17) is 5.73 Å². The van der Waals surface area contributed by atoms with E-state index in [0.29, 0.717) is 6.54 Å². The van der Waals surface area contributed by atoms with Gasteiger partial charge in [0.15, 0.2) is 0 Å². The van der Waals surface area contributed by atoms with Crippen molar-refractivity contribution in [3.63, 3.8) is 0 Å². The van der Waals surface area contributed by atoms with Gasteiger partial charge in [-0.15, -0.1) is 12.4 Å². The van der Waals surface area contributed by atoms with E-state index >= 15 is 0 Å². The summed E-state index contributed by atoms with van der Waals surface area (Å²) < 4.78 is 0. The maximum atomic E-state index is 12.1. The quantitative estimate of drug-likeness (QED) is 0.910. The second-order valence-corrected chi connectivity index (χ2v) is 5.95. The van der Waals surface area contributed by atoms with Gasteiger partial charge in [-0.25, -0.2) is 0 Å². The van der Waals surface area contributed by atoms with Crippen LogP contribution in [0.5, 0.6) is 0 Å². The van der Waals surface area contributed by atoms with E-state index in [-0.39, 0.29) is 30.3 Å². The summed E-state index contributed by atoms with van der Waals surface area (Å²) in [5, 5.41) is 5.59. The number of fused-ring (bicyclic) bond motifs is 1. The van der Waals surface area contributed by atoms with Gasteiger partial charge in [0.05, 0.1) is 0 Å². The molecule has 0 spiro atoms. The van der Waals surface area contributed by atoms with Crippen molar-refractivity contribution in [2.24, 2.45) is 11.7 Å². The lowest BCUT2D eigenvalue weighted by molar-refractivity contribution is -0.124. The van der Waals surface area contributed by atoms with Crippen LogP contribution >= 0.6 is 12.4 Å². The normalized spacial score (nSPS) is 20.6. The van der Waals surface area contributed by atoms with E-state index in [1.807, 2.05) is 0 Å². The molecular weight excluding hydrogens is 296 g/mol. The molecular formula is C18H23ClN2O. The van der Waals surface area contributed by atoms with Crippen LogP contribution in [0.4, 0.5) is 0 Å². The number of rotatable bonds is 4. The molecule has 1 saturated carbocycles. The fraction of sp³-hybridized carbons (Fsp3) is 0.389. The zero-order valence-electron chi connectivity index (χ0n) is 12.6. The largest absolute Gasteiger partial charge is 0.356 e. The van der Waals surface area contributed by atoms with Crippen LogP contribution < -0.4 is 11.1 Å². The standard InChI is InChI=1S/C18H22N2O.ClH/c19-16-9-8-15(12-16)18(21)20-11-10-14-6-3-5-13-4-1-2-7-17(13)14;/h1-7,15-16H,8-12,19H2,(H,20,21);1H. The number of benzene rings is 2. The topological polar surface area (TPSA) is 55.1 Å². The van der Waals surface area contributed by atoms with E-state index in [1.165, 1.54) is 16.3 Å². The summed E-state index contributed by atoms with van der Waals surface area (Å²) in [6.45, 7) is 0.693. The van der Waals surface area contributed by atoms with Gasteiger partial charge in [-0.2, -0.15) is 0 Å². The number of carbonyl (C=O) groups excluding carboxylic acids is 1. The SMILES string of the molecule is Cl.NC1CCC(C(=O)NCCc2cccc3ccccc23)C1. The van der Waals surface area contributed by atoms with Gasteiger partial charge in [0.25, 0.3) is 0 Å². The first kappa shape index (κ1) is 16.8. The lowest BCUT2D eigenvalue weighted by atomic mass is 10.0. The van der Waals surface area contributed by atoms with Crippen molar-refractivity contribution in [1.82, 2.24) is 5.32 Å². The van der Waals surface area contributed by atoms with Gasteiger partial charge in [-0.3, -0.25) is 4.79 Å². The molecule has 118 valence electrons. The summed E-state index contributed by atoms with van der Waals surface area (Å²) in [5.74, 6) is 0.288. The van der Waals surface area contributed by atoms with Crippen molar-refractivity contribution >= 4 is 29.1 Å². The number of hydrogen-bond acceptors (Lipinski definition) is 2. The van der Waals surface area contributed by atoms with Gasteiger partial charge < -0.3 is 11.1 Å². The minimum absolute atomic E-state index is 0. The van der Waals surface area contributed by atoms with Gasteiger partial charge >= 0.3 is 0 Å². The molecule has 0 aromatic heterocycles. The number of halogens is 1. The Kier molecular flexibility index (Phi) is 5.81. The Bertz CT molecular complexity index is 639. The Labute approximate surface area is 137 Å². The Morgan fingerprint density at radius 2 is 1.91 bits per heavy atom. The number of carbonyl (C=O) groups is 1. The molecule has 4 heteroatoms. The number of nitrogens with one attached hydrogen (secondary N) is 1. The third kappa shape index (κ3) is 3.79. The molecule has 1 fully saturated rings. The number of hydrogen-bond donors (Lipinski definition) is 2. The zero-order chi connectivity index (χ0) is 14.7. The third-order valence-corrected chi connectivity index (χ3v) is 4.42. The van der Waals surface area contributed by atoms with Crippen molar-refractivity contribution in [2.75, 3.05) is 6.54 Å². The van der Waals surface area contributed by atoms with Crippen LogP contribution in [0.2, 0.25) is 0 Å². The maximum Gasteiger partial charge on any atom is 0.223 e. The minimum Gasteiger partial charge on any atom is -0.356 e. The second kappa shape index (κ2) is 7.61. The highest BCUT2D eigenvalue weighted by Gasteiger charge is 2.27. The molecule has 1 aliphatic carbocycles. The molecule has 1 aliphatic rings. The van der Waals surface area contributed by atoms with Crippen LogP contribution in [0.15, 0.2) is 42.5 Å². The van der Waals surface area contributed by atoms with Gasteiger partial charge in [0, 0.05) is 18.5 Å². The van der Waals surface area contributed by atoms with Crippen LogP contribution in [0.3, 0.4) is 0 Å². The lowest BCUT2D eigenvalue weighted by Gasteiger charge is -2.11. The molecule has 0 radical (unpaired) electrons. The predicted octanol–water partition coefficient (Wildman–Crippen LogP) is 3.05. The number of nitrogens with two attached hydrogens (primary N) is 1. The molecule has 0 bridgehead atoms. The first-order valence-electron chi connectivity index (χ1n) is 7.74. The van der Waals surface area contributed by atoms with Crippen LogP contribution in [0.1, 0.15) is 24.8 Å². The molecule has 2 unspecified atom stereocenters. The van der Waals surface area contributed by atoms with Crippen LogP contribution in [0, 0.1) is 5.92 Å². The van der Waals surface area contributed by atoms with Gasteiger partial charge in [0.2, 0.25) is 5.91 Å². The zero-order valence-corrected chi connectivity index (χ0v) is 13.4. The molecule has 1 amide bonds. The van der Waals surface area contributed by atoms with Crippen LogP contribution in [-0.4, -0.2) is 18.5 Å². The maximum absolute atomic E-state index is 12.1. The molecule has 0 aliphatic heterocycles. The van der Waals surface area contributed by atoms with Gasteiger partial charge in [-0.05, 0) is 42.0 Å². The second-order valence-electron chi connectivity index (χ2n) is 5.95. The molecule has 0 heterocycles.